The lowest BCUT2D eigenvalue weighted by Crippen LogP contribution is -2.68. The maximum atomic E-state index is 13.5. The van der Waals surface area contributed by atoms with E-state index >= 15 is 0 Å². The molecule has 0 spiro atoms. The zero-order valence-electron chi connectivity index (χ0n) is 29.3. The van der Waals surface area contributed by atoms with Gasteiger partial charge in [-0.05, 0) is 20.8 Å². The van der Waals surface area contributed by atoms with Gasteiger partial charge >= 0.3 is 24.1 Å². The standard InChI is InChI=1S/C36H42N2O14/c1-19(39)45-27-25-22(17-43-31(49-25)20-12-8-6-9-13-20)46-33(42-5)29(27)51-34-30(48-24(40)16-38-37)28(52-35(41)36(2,3)4)26-23(47-34)18-44-32(50-26)21-14-10-7-11-15-21/h6-16,22-23,25-34H,17-18H2,1-5H3/t22?,23?,25-,26-,27?,28?,29?,30?,31?,32?,33+,34-/m1/s1. The van der Waals surface area contributed by atoms with Crippen LogP contribution in [0.1, 0.15) is 51.4 Å². The van der Waals surface area contributed by atoms with Crippen molar-refractivity contribution in [3.05, 3.63) is 77.3 Å². The Kier molecular flexibility index (Phi) is 11.8. The van der Waals surface area contributed by atoms with E-state index in [1.807, 2.05) is 60.7 Å². The highest BCUT2D eigenvalue weighted by Gasteiger charge is 2.59. The van der Waals surface area contributed by atoms with E-state index in [1.54, 1.807) is 20.8 Å². The molecule has 2 aromatic rings. The highest BCUT2D eigenvalue weighted by molar-refractivity contribution is 6.20. The fourth-order valence-electron chi connectivity index (χ4n) is 6.35. The first kappa shape index (κ1) is 37.7. The Labute approximate surface area is 300 Å². The van der Waals surface area contributed by atoms with Crippen LogP contribution in [0.5, 0.6) is 0 Å². The van der Waals surface area contributed by atoms with E-state index in [-0.39, 0.29) is 13.2 Å². The number of carbonyl (C=O) groups excluding carboxylic acids is 3. The number of nitrogens with zero attached hydrogens (tertiary/aromatic N) is 2. The van der Waals surface area contributed by atoms with E-state index in [9.17, 15) is 14.4 Å². The van der Waals surface area contributed by atoms with Gasteiger partial charge in [-0.3, -0.25) is 9.59 Å². The fourth-order valence-corrected chi connectivity index (χ4v) is 6.35. The van der Waals surface area contributed by atoms with E-state index in [0.717, 1.165) is 5.56 Å². The number of rotatable bonds is 9. The minimum atomic E-state index is -1.54. The first-order valence-electron chi connectivity index (χ1n) is 16.9. The normalized spacial score (nSPS) is 34.4. The summed E-state index contributed by atoms with van der Waals surface area (Å²) in [5.41, 5.74) is 9.56. The summed E-state index contributed by atoms with van der Waals surface area (Å²) >= 11 is 0. The monoisotopic (exact) mass is 726 g/mol. The summed E-state index contributed by atoms with van der Waals surface area (Å²) in [6.45, 7) is 6.25. The van der Waals surface area contributed by atoms with Crippen LogP contribution in [0.3, 0.4) is 0 Å². The number of hydrogen-bond donors (Lipinski definition) is 0. The molecule has 0 aliphatic carbocycles. The Bertz CT molecular complexity index is 1600. The molecule has 16 nitrogen and oxygen atoms in total. The Morgan fingerprint density at radius 2 is 1.25 bits per heavy atom. The van der Waals surface area contributed by atoms with Crippen molar-refractivity contribution in [2.75, 3.05) is 20.3 Å². The topological polar surface area (TPSA) is 189 Å². The van der Waals surface area contributed by atoms with E-state index in [0.29, 0.717) is 11.8 Å². The quantitative estimate of drug-likeness (QED) is 0.121. The van der Waals surface area contributed by atoms with Gasteiger partial charge in [0.05, 0.1) is 18.6 Å². The molecule has 0 radical (unpaired) electrons. The van der Waals surface area contributed by atoms with E-state index in [2.05, 4.69) is 4.79 Å². The second kappa shape index (κ2) is 16.3. The summed E-state index contributed by atoms with van der Waals surface area (Å²) in [4.78, 5) is 41.7. The molecule has 0 N–H and O–H groups in total. The largest absolute Gasteiger partial charge is 0.457 e. The Balaban J connectivity index is 1.35. The molecule has 4 fully saturated rings. The predicted octanol–water partition coefficient (Wildman–Crippen LogP) is 2.80. The van der Waals surface area contributed by atoms with Crippen molar-refractivity contribution in [3.8, 4) is 0 Å². The molecule has 16 heteroatoms. The van der Waals surface area contributed by atoms with Gasteiger partial charge in [-0.2, -0.15) is 4.79 Å². The number of ether oxygens (including phenoxy) is 11. The van der Waals surface area contributed by atoms with E-state index in [4.69, 9.17) is 57.6 Å². The third-order valence-electron chi connectivity index (χ3n) is 8.81. The lowest BCUT2D eigenvalue weighted by molar-refractivity contribution is -0.403. The maximum absolute atomic E-state index is 13.5. The Morgan fingerprint density at radius 1 is 0.731 bits per heavy atom. The van der Waals surface area contributed by atoms with Crippen LogP contribution in [0, 0.1) is 5.41 Å². The van der Waals surface area contributed by atoms with Crippen molar-refractivity contribution in [1.29, 1.82) is 0 Å². The fraction of sp³-hybridized carbons (Fsp3) is 0.556. The van der Waals surface area contributed by atoms with Crippen molar-refractivity contribution in [2.24, 2.45) is 5.41 Å². The second-order valence-corrected chi connectivity index (χ2v) is 13.6. The zero-order chi connectivity index (χ0) is 37.0. The van der Waals surface area contributed by atoms with Gasteiger partial charge in [-0.1, -0.05) is 60.7 Å². The number of methoxy groups -OCH3 is 1. The van der Waals surface area contributed by atoms with Gasteiger partial charge in [-0.25, -0.2) is 4.79 Å². The number of carbonyl (C=O) groups is 3. The van der Waals surface area contributed by atoms with E-state index < -0.39 is 97.3 Å². The van der Waals surface area contributed by atoms with Crippen LogP contribution in [-0.4, -0.2) is 111 Å². The van der Waals surface area contributed by atoms with Crippen LogP contribution < -0.4 is 0 Å². The molecule has 0 amide bonds. The van der Waals surface area contributed by atoms with Gasteiger partial charge in [-0.15, -0.1) is 0 Å². The van der Waals surface area contributed by atoms with Crippen LogP contribution in [0.2, 0.25) is 0 Å². The maximum Gasteiger partial charge on any atom is 0.414 e. The van der Waals surface area contributed by atoms with Gasteiger partial charge in [0.15, 0.2) is 49.6 Å². The van der Waals surface area contributed by atoms with Gasteiger partial charge in [0, 0.05) is 25.2 Å². The van der Waals surface area contributed by atoms with Crippen LogP contribution in [0.25, 0.3) is 5.53 Å². The average molecular weight is 727 g/mol. The lowest BCUT2D eigenvalue weighted by Gasteiger charge is -2.51. The summed E-state index contributed by atoms with van der Waals surface area (Å²) < 4.78 is 67.1. The predicted molar refractivity (Wildman–Crippen MR) is 174 cm³/mol. The molecule has 4 aliphatic rings. The average Bonchev–Trinajstić information content (AvgIpc) is 3.13. The molecule has 4 heterocycles. The zero-order valence-corrected chi connectivity index (χ0v) is 29.3. The number of esters is 3. The smallest absolute Gasteiger partial charge is 0.414 e. The molecule has 52 heavy (non-hydrogen) atoms. The third-order valence-corrected chi connectivity index (χ3v) is 8.81. The van der Waals surface area contributed by atoms with Gasteiger partial charge in [0.2, 0.25) is 0 Å². The van der Waals surface area contributed by atoms with Crippen LogP contribution in [0.15, 0.2) is 60.7 Å². The molecule has 12 atom stereocenters. The van der Waals surface area contributed by atoms with Crippen molar-refractivity contribution < 1.29 is 71.3 Å². The molecule has 4 saturated heterocycles. The summed E-state index contributed by atoms with van der Waals surface area (Å²) in [7, 11) is 1.37. The highest BCUT2D eigenvalue weighted by atomic mass is 16.8. The minimum absolute atomic E-state index is 0.0431. The van der Waals surface area contributed by atoms with Crippen LogP contribution >= 0.6 is 0 Å². The number of hydrogen-bond acceptors (Lipinski definition) is 14. The number of benzene rings is 2. The SMILES string of the molecule is CO[C@H]1OC2COC(c3ccccc3)O[C@H]2C(OC(C)=O)C1O[C@H]1OC2COC(c3ccccc3)O[C@H]2C(OC(=O)C(C)(C)C)C1OC(=O)C=[N+]=[N-]. The molecular weight excluding hydrogens is 684 g/mol. The summed E-state index contributed by atoms with van der Waals surface area (Å²) in [5, 5.41) is 0. The third kappa shape index (κ3) is 8.41. The van der Waals surface area contributed by atoms with Crippen LogP contribution in [-0.2, 0) is 66.5 Å². The highest BCUT2D eigenvalue weighted by Crippen LogP contribution is 2.41. The Hall–Kier alpha value is -4.09. The van der Waals surface area contributed by atoms with Gasteiger partial charge in [0.25, 0.3) is 0 Å². The van der Waals surface area contributed by atoms with E-state index in [1.165, 1.54) is 14.0 Å². The molecule has 280 valence electrons. The van der Waals surface area contributed by atoms with Crippen molar-refractivity contribution in [1.82, 2.24) is 0 Å². The summed E-state index contributed by atoms with van der Waals surface area (Å²) in [5.74, 6) is -2.39. The van der Waals surface area contributed by atoms with Crippen molar-refractivity contribution in [2.45, 2.75) is 102 Å². The summed E-state index contributed by atoms with van der Waals surface area (Å²) in [6, 6.07) is 18.3. The van der Waals surface area contributed by atoms with Crippen LogP contribution in [0.4, 0.5) is 0 Å². The van der Waals surface area contributed by atoms with Crippen molar-refractivity contribution >= 4 is 24.1 Å². The first-order chi connectivity index (χ1) is 25.0. The first-order valence-corrected chi connectivity index (χ1v) is 16.9. The molecule has 0 aromatic heterocycles. The molecule has 0 bridgehead atoms. The second-order valence-electron chi connectivity index (χ2n) is 13.6. The minimum Gasteiger partial charge on any atom is -0.457 e. The number of fused-ring (bicyclic) bond motifs is 2. The summed E-state index contributed by atoms with van der Waals surface area (Å²) in [6.07, 6.45) is -12.8. The lowest BCUT2D eigenvalue weighted by atomic mass is 9.94. The molecule has 2 aromatic carbocycles. The van der Waals surface area contributed by atoms with Crippen molar-refractivity contribution in [3.63, 3.8) is 0 Å². The molecule has 4 aliphatic heterocycles. The molecule has 8 unspecified atom stereocenters. The Morgan fingerprint density at radius 3 is 1.73 bits per heavy atom. The van der Waals surface area contributed by atoms with Gasteiger partial charge in [0.1, 0.15) is 24.4 Å². The van der Waals surface area contributed by atoms with Gasteiger partial charge < -0.3 is 57.6 Å². The molecule has 6 rings (SSSR count). The molecule has 0 saturated carbocycles. The molecular formula is C36H42N2O14.